The van der Waals surface area contributed by atoms with Gasteiger partial charge in [-0.2, -0.15) is 0 Å². The SMILES string of the molecule is [CH2]C1NCCCC1C. The predicted molar refractivity (Wildman–Crippen MR) is 35.5 cm³/mol. The number of hydrogen-bond donors (Lipinski definition) is 1. The van der Waals surface area contributed by atoms with Crippen molar-refractivity contribution in [3.8, 4) is 0 Å². The van der Waals surface area contributed by atoms with E-state index in [1.165, 1.54) is 19.4 Å². The molecule has 2 unspecified atom stereocenters. The highest BCUT2D eigenvalue weighted by atomic mass is 14.9. The summed E-state index contributed by atoms with van der Waals surface area (Å²) in [5.74, 6) is 0.781. The van der Waals surface area contributed by atoms with Crippen molar-refractivity contribution in [1.82, 2.24) is 5.32 Å². The Kier molecular flexibility index (Phi) is 1.90. The van der Waals surface area contributed by atoms with Gasteiger partial charge in [-0.25, -0.2) is 0 Å². The highest BCUT2D eigenvalue weighted by molar-refractivity contribution is 4.79. The lowest BCUT2D eigenvalue weighted by Crippen LogP contribution is -2.37. The highest BCUT2D eigenvalue weighted by Crippen LogP contribution is 2.13. The van der Waals surface area contributed by atoms with E-state index in [1.807, 2.05) is 0 Å². The lowest BCUT2D eigenvalue weighted by Gasteiger charge is -2.26. The summed E-state index contributed by atoms with van der Waals surface area (Å²) in [6.45, 7) is 7.39. The van der Waals surface area contributed by atoms with Gasteiger partial charge < -0.3 is 5.32 Å². The second kappa shape index (κ2) is 2.49. The molecule has 1 N–H and O–H groups in total. The van der Waals surface area contributed by atoms with E-state index in [0.29, 0.717) is 6.04 Å². The molecular formula is C7H14N. The van der Waals surface area contributed by atoms with E-state index in [2.05, 4.69) is 19.2 Å². The van der Waals surface area contributed by atoms with Crippen LogP contribution in [0.25, 0.3) is 0 Å². The molecule has 0 spiro atoms. The average molecular weight is 112 g/mol. The number of hydrogen-bond acceptors (Lipinski definition) is 1. The molecule has 2 atom stereocenters. The maximum absolute atomic E-state index is 3.97. The lowest BCUT2D eigenvalue weighted by molar-refractivity contribution is 0.342. The summed E-state index contributed by atoms with van der Waals surface area (Å²) in [6, 6.07) is 0.503. The maximum atomic E-state index is 3.97. The fourth-order valence-electron chi connectivity index (χ4n) is 1.11. The van der Waals surface area contributed by atoms with Gasteiger partial charge in [0.15, 0.2) is 0 Å². The monoisotopic (exact) mass is 112 g/mol. The van der Waals surface area contributed by atoms with Crippen molar-refractivity contribution in [2.24, 2.45) is 5.92 Å². The molecule has 0 aromatic rings. The lowest BCUT2D eigenvalue weighted by atomic mass is 9.94. The van der Waals surface area contributed by atoms with Crippen molar-refractivity contribution in [2.45, 2.75) is 25.8 Å². The first-order chi connectivity index (χ1) is 3.80. The van der Waals surface area contributed by atoms with Gasteiger partial charge >= 0.3 is 0 Å². The van der Waals surface area contributed by atoms with Crippen LogP contribution in [0.2, 0.25) is 0 Å². The van der Waals surface area contributed by atoms with Gasteiger partial charge in [-0.3, -0.25) is 0 Å². The van der Waals surface area contributed by atoms with Crippen molar-refractivity contribution < 1.29 is 0 Å². The van der Waals surface area contributed by atoms with Crippen molar-refractivity contribution in [1.29, 1.82) is 0 Å². The highest BCUT2D eigenvalue weighted by Gasteiger charge is 2.14. The summed E-state index contributed by atoms with van der Waals surface area (Å²) in [5, 5.41) is 3.32. The van der Waals surface area contributed by atoms with Crippen LogP contribution in [-0.4, -0.2) is 12.6 Å². The Balaban J connectivity index is 2.28. The van der Waals surface area contributed by atoms with Crippen molar-refractivity contribution in [3.05, 3.63) is 6.92 Å². The molecule has 0 amide bonds. The van der Waals surface area contributed by atoms with Gasteiger partial charge in [0.2, 0.25) is 0 Å². The van der Waals surface area contributed by atoms with Crippen molar-refractivity contribution in [3.63, 3.8) is 0 Å². The first-order valence-electron chi connectivity index (χ1n) is 3.37. The van der Waals surface area contributed by atoms with Crippen LogP contribution in [0.5, 0.6) is 0 Å². The van der Waals surface area contributed by atoms with Crippen LogP contribution in [0.1, 0.15) is 19.8 Å². The van der Waals surface area contributed by atoms with E-state index < -0.39 is 0 Å². The molecule has 1 saturated heterocycles. The normalized spacial score (nSPS) is 39.8. The van der Waals surface area contributed by atoms with Gasteiger partial charge in [-0.15, -0.1) is 0 Å². The fraction of sp³-hybridized carbons (Fsp3) is 0.857. The van der Waals surface area contributed by atoms with Crippen LogP contribution in [-0.2, 0) is 0 Å². The zero-order valence-electron chi connectivity index (χ0n) is 5.48. The molecule has 1 aliphatic rings. The second-order valence-corrected chi connectivity index (χ2v) is 2.68. The standard InChI is InChI=1S/C7H14N/c1-6-4-3-5-8-7(6)2/h6-8H,2-5H2,1H3. The first-order valence-corrected chi connectivity index (χ1v) is 3.37. The Morgan fingerprint density at radius 2 is 2.38 bits per heavy atom. The summed E-state index contributed by atoms with van der Waals surface area (Å²) >= 11 is 0. The zero-order chi connectivity index (χ0) is 5.98. The Morgan fingerprint density at radius 3 is 2.75 bits per heavy atom. The van der Waals surface area contributed by atoms with Crippen LogP contribution in [0.4, 0.5) is 0 Å². The van der Waals surface area contributed by atoms with E-state index in [9.17, 15) is 0 Å². The summed E-state index contributed by atoms with van der Waals surface area (Å²) in [7, 11) is 0. The molecule has 1 nitrogen and oxygen atoms in total. The first kappa shape index (κ1) is 6.09. The topological polar surface area (TPSA) is 12.0 Å². The van der Waals surface area contributed by atoms with Crippen LogP contribution < -0.4 is 5.32 Å². The van der Waals surface area contributed by atoms with Crippen LogP contribution in [0.3, 0.4) is 0 Å². The average Bonchev–Trinajstić information content (AvgIpc) is 1.77. The largest absolute Gasteiger partial charge is 0.314 e. The van der Waals surface area contributed by atoms with Gasteiger partial charge in [-0.05, 0) is 32.2 Å². The second-order valence-electron chi connectivity index (χ2n) is 2.68. The van der Waals surface area contributed by atoms with E-state index >= 15 is 0 Å². The number of nitrogens with one attached hydrogen (secondary N) is 1. The minimum absolute atomic E-state index is 0.503. The van der Waals surface area contributed by atoms with Crippen molar-refractivity contribution in [2.75, 3.05) is 6.54 Å². The molecule has 1 aliphatic heterocycles. The molecule has 47 valence electrons. The van der Waals surface area contributed by atoms with E-state index in [0.717, 1.165) is 5.92 Å². The Morgan fingerprint density at radius 1 is 1.62 bits per heavy atom. The molecule has 1 heteroatoms. The van der Waals surface area contributed by atoms with Gasteiger partial charge in [0.25, 0.3) is 0 Å². The Hall–Kier alpha value is -0.0400. The van der Waals surface area contributed by atoms with Crippen molar-refractivity contribution >= 4 is 0 Å². The minimum atomic E-state index is 0.503. The van der Waals surface area contributed by atoms with E-state index in [1.54, 1.807) is 0 Å². The predicted octanol–water partition coefficient (Wildman–Crippen LogP) is 1.21. The molecule has 0 aromatic carbocycles. The summed E-state index contributed by atoms with van der Waals surface area (Å²) in [5.41, 5.74) is 0. The molecule has 0 saturated carbocycles. The van der Waals surface area contributed by atoms with Crippen LogP contribution >= 0.6 is 0 Å². The van der Waals surface area contributed by atoms with Gasteiger partial charge in [0.05, 0.1) is 0 Å². The Labute approximate surface area is 51.5 Å². The quantitative estimate of drug-likeness (QED) is 0.496. The maximum Gasteiger partial charge on any atom is 0.00932 e. The molecule has 0 aromatic heterocycles. The van der Waals surface area contributed by atoms with E-state index in [-0.39, 0.29) is 0 Å². The number of rotatable bonds is 0. The van der Waals surface area contributed by atoms with Crippen LogP contribution in [0, 0.1) is 12.8 Å². The van der Waals surface area contributed by atoms with Gasteiger partial charge in [0, 0.05) is 6.04 Å². The molecule has 8 heavy (non-hydrogen) atoms. The fourth-order valence-corrected chi connectivity index (χ4v) is 1.11. The Bertz CT molecular complexity index is 60.8. The smallest absolute Gasteiger partial charge is 0.00932 e. The molecule has 0 bridgehead atoms. The summed E-state index contributed by atoms with van der Waals surface area (Å²) in [6.07, 6.45) is 2.67. The summed E-state index contributed by atoms with van der Waals surface area (Å²) in [4.78, 5) is 0. The van der Waals surface area contributed by atoms with E-state index in [4.69, 9.17) is 0 Å². The molecule has 1 heterocycles. The van der Waals surface area contributed by atoms with Gasteiger partial charge in [-0.1, -0.05) is 6.92 Å². The van der Waals surface area contributed by atoms with Gasteiger partial charge in [0.1, 0.15) is 0 Å². The third-order valence-electron chi connectivity index (χ3n) is 1.93. The molecule has 0 aliphatic carbocycles. The third-order valence-corrected chi connectivity index (χ3v) is 1.93. The molecular weight excluding hydrogens is 98.1 g/mol. The summed E-state index contributed by atoms with van der Waals surface area (Å²) < 4.78 is 0. The zero-order valence-corrected chi connectivity index (χ0v) is 5.48. The third kappa shape index (κ3) is 1.22. The van der Waals surface area contributed by atoms with Crippen LogP contribution in [0.15, 0.2) is 0 Å². The molecule has 1 radical (unpaired) electrons. The molecule has 1 fully saturated rings. The number of piperidine rings is 1. The molecule has 1 rings (SSSR count). The minimum Gasteiger partial charge on any atom is -0.314 e.